The van der Waals surface area contributed by atoms with Gasteiger partial charge in [0.2, 0.25) is 0 Å². The topological polar surface area (TPSA) is 65.4 Å². The first-order valence-electron chi connectivity index (χ1n) is 7.87. The summed E-state index contributed by atoms with van der Waals surface area (Å²) in [6.45, 7) is 7.58. The molecule has 0 spiro atoms. The average molecular weight is 308 g/mol. The van der Waals surface area contributed by atoms with E-state index >= 15 is 0 Å². The minimum Gasteiger partial charge on any atom is -0.508 e. The van der Waals surface area contributed by atoms with Gasteiger partial charge < -0.3 is 19.7 Å². The van der Waals surface area contributed by atoms with Crippen LogP contribution < -0.4 is 0 Å². The number of phenolic OH excluding ortho intramolecular Hbond substituents is 2. The molecule has 2 N–H and O–H groups in total. The Balaban J connectivity index is 1.78. The number of hydrogen-bond acceptors (Lipinski definition) is 6. The molecule has 0 saturated carbocycles. The van der Waals surface area contributed by atoms with Crippen molar-refractivity contribution in [1.29, 1.82) is 0 Å². The highest BCUT2D eigenvalue weighted by Gasteiger charge is 2.20. The third kappa shape index (κ3) is 3.70. The molecule has 0 aliphatic carbocycles. The molecule has 0 aromatic heterocycles. The number of morpholine rings is 2. The van der Waals surface area contributed by atoms with Gasteiger partial charge in [-0.1, -0.05) is 0 Å². The molecular formula is C16H24N2O4. The number of phenols is 2. The first-order valence-corrected chi connectivity index (χ1v) is 7.87. The lowest BCUT2D eigenvalue weighted by Crippen LogP contribution is -2.37. The second-order valence-corrected chi connectivity index (χ2v) is 5.84. The van der Waals surface area contributed by atoms with Crippen LogP contribution in [0.3, 0.4) is 0 Å². The number of rotatable bonds is 4. The summed E-state index contributed by atoms with van der Waals surface area (Å²) in [7, 11) is 0. The van der Waals surface area contributed by atoms with Crippen LogP contribution in [-0.2, 0) is 22.6 Å². The molecule has 2 saturated heterocycles. The Kier molecular flexibility index (Phi) is 5.15. The molecule has 2 aliphatic rings. The summed E-state index contributed by atoms with van der Waals surface area (Å²) >= 11 is 0. The molecule has 0 atom stereocenters. The van der Waals surface area contributed by atoms with Crippen LogP contribution >= 0.6 is 0 Å². The van der Waals surface area contributed by atoms with Gasteiger partial charge in [0.25, 0.3) is 0 Å². The zero-order chi connectivity index (χ0) is 15.4. The molecule has 0 unspecified atom stereocenters. The molecule has 6 heteroatoms. The Hall–Kier alpha value is -1.34. The van der Waals surface area contributed by atoms with E-state index in [2.05, 4.69) is 9.80 Å². The van der Waals surface area contributed by atoms with E-state index in [0.29, 0.717) is 13.1 Å². The van der Waals surface area contributed by atoms with Crippen molar-refractivity contribution in [2.45, 2.75) is 13.1 Å². The van der Waals surface area contributed by atoms with Crippen LogP contribution in [-0.4, -0.2) is 72.6 Å². The van der Waals surface area contributed by atoms with Crippen molar-refractivity contribution in [3.63, 3.8) is 0 Å². The van der Waals surface area contributed by atoms with Gasteiger partial charge in [0.05, 0.1) is 26.4 Å². The van der Waals surface area contributed by atoms with Crippen LogP contribution in [0, 0.1) is 0 Å². The first-order chi connectivity index (χ1) is 10.7. The molecule has 2 aliphatic heterocycles. The van der Waals surface area contributed by atoms with Crippen LogP contribution in [0.2, 0.25) is 0 Å². The zero-order valence-electron chi connectivity index (χ0n) is 12.8. The highest BCUT2D eigenvalue weighted by atomic mass is 16.5. The third-order valence-corrected chi connectivity index (χ3v) is 4.35. The van der Waals surface area contributed by atoms with E-state index in [-0.39, 0.29) is 11.5 Å². The van der Waals surface area contributed by atoms with Crippen molar-refractivity contribution in [3.05, 3.63) is 23.3 Å². The van der Waals surface area contributed by atoms with Gasteiger partial charge in [0.15, 0.2) is 0 Å². The van der Waals surface area contributed by atoms with Gasteiger partial charge in [-0.05, 0) is 12.1 Å². The van der Waals surface area contributed by atoms with E-state index in [0.717, 1.165) is 63.7 Å². The highest BCUT2D eigenvalue weighted by molar-refractivity contribution is 5.47. The summed E-state index contributed by atoms with van der Waals surface area (Å²) in [5, 5.41) is 20.5. The van der Waals surface area contributed by atoms with Gasteiger partial charge >= 0.3 is 0 Å². The fourth-order valence-electron chi connectivity index (χ4n) is 2.99. The fraction of sp³-hybridized carbons (Fsp3) is 0.625. The van der Waals surface area contributed by atoms with Gasteiger partial charge in [0.1, 0.15) is 11.5 Å². The van der Waals surface area contributed by atoms with Crippen LogP contribution in [0.1, 0.15) is 11.1 Å². The average Bonchev–Trinajstić information content (AvgIpc) is 2.56. The lowest BCUT2D eigenvalue weighted by atomic mass is 10.0. The molecule has 22 heavy (non-hydrogen) atoms. The van der Waals surface area contributed by atoms with Gasteiger partial charge in [-0.25, -0.2) is 0 Å². The summed E-state index contributed by atoms with van der Waals surface area (Å²) in [5.41, 5.74) is 1.65. The predicted octanol–water partition coefficient (Wildman–Crippen LogP) is 0.762. The van der Waals surface area contributed by atoms with E-state index in [4.69, 9.17) is 9.47 Å². The van der Waals surface area contributed by atoms with Crippen LogP contribution in [0.5, 0.6) is 11.5 Å². The van der Waals surface area contributed by atoms with Crippen molar-refractivity contribution in [2.75, 3.05) is 52.6 Å². The van der Waals surface area contributed by atoms with Gasteiger partial charge in [0, 0.05) is 50.4 Å². The van der Waals surface area contributed by atoms with E-state index in [1.54, 1.807) is 12.1 Å². The standard InChI is InChI=1S/C16H24N2O4/c19-15-1-2-16(20)14(12-18-5-9-22-10-6-18)13(15)11-17-3-7-21-8-4-17/h1-2,19-20H,3-12H2. The zero-order valence-corrected chi connectivity index (χ0v) is 12.8. The van der Waals surface area contributed by atoms with Gasteiger partial charge in [-0.15, -0.1) is 0 Å². The fourth-order valence-corrected chi connectivity index (χ4v) is 2.99. The Morgan fingerprint density at radius 3 is 1.45 bits per heavy atom. The number of benzene rings is 1. The van der Waals surface area contributed by atoms with Gasteiger partial charge in [-0.3, -0.25) is 9.80 Å². The smallest absolute Gasteiger partial charge is 0.120 e. The Bertz CT molecular complexity index is 452. The SMILES string of the molecule is Oc1ccc(O)c(CN2CCOCC2)c1CN1CCOCC1. The largest absolute Gasteiger partial charge is 0.508 e. The Morgan fingerprint density at radius 1 is 0.727 bits per heavy atom. The summed E-state index contributed by atoms with van der Waals surface area (Å²) in [4.78, 5) is 4.50. The molecule has 0 radical (unpaired) electrons. The normalized spacial score (nSPS) is 21.1. The number of aromatic hydroxyl groups is 2. The summed E-state index contributed by atoms with van der Waals surface area (Å²) in [6.07, 6.45) is 0. The molecular weight excluding hydrogens is 284 g/mol. The monoisotopic (exact) mass is 308 g/mol. The maximum atomic E-state index is 10.3. The maximum absolute atomic E-state index is 10.3. The molecule has 6 nitrogen and oxygen atoms in total. The van der Waals surface area contributed by atoms with E-state index in [1.165, 1.54) is 0 Å². The molecule has 1 aromatic rings. The summed E-state index contributed by atoms with van der Waals surface area (Å²) < 4.78 is 10.7. The predicted molar refractivity (Wildman–Crippen MR) is 82.0 cm³/mol. The summed E-state index contributed by atoms with van der Waals surface area (Å²) in [6, 6.07) is 3.15. The number of hydrogen-bond donors (Lipinski definition) is 2. The molecule has 3 rings (SSSR count). The van der Waals surface area contributed by atoms with Crippen molar-refractivity contribution in [3.8, 4) is 11.5 Å². The van der Waals surface area contributed by atoms with Crippen LogP contribution in [0.25, 0.3) is 0 Å². The molecule has 1 aromatic carbocycles. The number of ether oxygens (including phenoxy) is 2. The molecule has 122 valence electrons. The van der Waals surface area contributed by atoms with Crippen molar-refractivity contribution in [2.24, 2.45) is 0 Å². The van der Waals surface area contributed by atoms with Crippen molar-refractivity contribution in [1.82, 2.24) is 9.80 Å². The Labute approximate surface area is 130 Å². The minimum atomic E-state index is 0.257. The third-order valence-electron chi connectivity index (χ3n) is 4.35. The van der Waals surface area contributed by atoms with E-state index in [1.807, 2.05) is 0 Å². The molecule has 2 heterocycles. The second kappa shape index (κ2) is 7.28. The summed E-state index contributed by atoms with van der Waals surface area (Å²) in [5.74, 6) is 0.514. The lowest BCUT2D eigenvalue weighted by Gasteiger charge is -2.30. The van der Waals surface area contributed by atoms with E-state index in [9.17, 15) is 10.2 Å². The minimum absolute atomic E-state index is 0.257. The number of nitrogens with zero attached hydrogens (tertiary/aromatic N) is 2. The Morgan fingerprint density at radius 2 is 1.09 bits per heavy atom. The lowest BCUT2D eigenvalue weighted by molar-refractivity contribution is 0.0304. The maximum Gasteiger partial charge on any atom is 0.120 e. The quantitative estimate of drug-likeness (QED) is 0.801. The van der Waals surface area contributed by atoms with Crippen molar-refractivity contribution >= 4 is 0 Å². The molecule has 0 amide bonds. The van der Waals surface area contributed by atoms with Crippen LogP contribution in [0.4, 0.5) is 0 Å². The second-order valence-electron chi connectivity index (χ2n) is 5.84. The highest BCUT2D eigenvalue weighted by Crippen LogP contribution is 2.31. The first kappa shape index (κ1) is 15.6. The molecule has 2 fully saturated rings. The van der Waals surface area contributed by atoms with Crippen molar-refractivity contribution < 1.29 is 19.7 Å². The van der Waals surface area contributed by atoms with Gasteiger partial charge in [-0.2, -0.15) is 0 Å². The van der Waals surface area contributed by atoms with Crippen LogP contribution in [0.15, 0.2) is 12.1 Å². The molecule has 0 bridgehead atoms. The van der Waals surface area contributed by atoms with E-state index < -0.39 is 0 Å².